The Morgan fingerprint density at radius 2 is 1.62 bits per heavy atom. The first kappa shape index (κ1) is 14.2. The third-order valence-corrected chi connectivity index (χ3v) is 4.26. The molecule has 2 N–H and O–H groups in total. The third-order valence-electron chi connectivity index (χ3n) is 4.26. The second kappa shape index (κ2) is 5.96. The first-order valence-corrected chi connectivity index (χ1v) is 7.42. The van der Waals surface area contributed by atoms with Gasteiger partial charge < -0.3 is 10.4 Å². The standard InChI is InChI=1S/C18H20FNO/c19-16-9-7-15(8-10-16)17(14-5-2-1-3-6-14)20-13-18(21)11-4-12-18/h1-3,5-10,17,20-21H,4,11-13H2. The lowest BCUT2D eigenvalue weighted by molar-refractivity contribution is -0.0325. The van der Waals surface area contributed by atoms with Crippen LogP contribution in [-0.4, -0.2) is 17.3 Å². The molecule has 0 amide bonds. The summed E-state index contributed by atoms with van der Waals surface area (Å²) < 4.78 is 13.1. The second-order valence-electron chi connectivity index (χ2n) is 5.85. The molecule has 3 rings (SSSR count). The van der Waals surface area contributed by atoms with Crippen LogP contribution < -0.4 is 5.32 Å². The van der Waals surface area contributed by atoms with Crippen LogP contribution in [0.15, 0.2) is 54.6 Å². The van der Waals surface area contributed by atoms with Crippen molar-refractivity contribution in [3.05, 3.63) is 71.5 Å². The number of benzene rings is 2. The van der Waals surface area contributed by atoms with Crippen LogP contribution in [0.5, 0.6) is 0 Å². The highest BCUT2D eigenvalue weighted by atomic mass is 19.1. The largest absolute Gasteiger partial charge is 0.389 e. The van der Waals surface area contributed by atoms with Crippen molar-refractivity contribution in [1.82, 2.24) is 5.32 Å². The summed E-state index contributed by atoms with van der Waals surface area (Å²) in [5.74, 6) is -0.233. The van der Waals surface area contributed by atoms with Crippen LogP contribution in [0, 0.1) is 5.82 Å². The molecule has 0 heterocycles. The molecule has 0 aromatic heterocycles. The Morgan fingerprint density at radius 1 is 1.00 bits per heavy atom. The number of halogens is 1. The van der Waals surface area contributed by atoms with E-state index >= 15 is 0 Å². The summed E-state index contributed by atoms with van der Waals surface area (Å²) in [4.78, 5) is 0. The monoisotopic (exact) mass is 285 g/mol. The molecule has 0 radical (unpaired) electrons. The Balaban J connectivity index is 1.82. The van der Waals surface area contributed by atoms with Crippen LogP contribution in [0.4, 0.5) is 4.39 Å². The van der Waals surface area contributed by atoms with E-state index in [1.807, 2.05) is 30.3 Å². The molecule has 2 aromatic carbocycles. The van der Waals surface area contributed by atoms with Crippen LogP contribution in [-0.2, 0) is 0 Å². The SMILES string of the molecule is OC1(CNC(c2ccccc2)c2ccc(F)cc2)CCC1. The smallest absolute Gasteiger partial charge is 0.123 e. The van der Waals surface area contributed by atoms with Gasteiger partial charge in [-0.25, -0.2) is 4.39 Å². The van der Waals surface area contributed by atoms with Gasteiger partial charge in [-0.05, 0) is 42.5 Å². The Kier molecular flexibility index (Phi) is 4.04. The lowest BCUT2D eigenvalue weighted by Gasteiger charge is -2.38. The third kappa shape index (κ3) is 3.31. The Morgan fingerprint density at radius 3 is 2.19 bits per heavy atom. The van der Waals surface area contributed by atoms with Crippen molar-refractivity contribution in [2.75, 3.05) is 6.54 Å². The predicted molar refractivity (Wildman–Crippen MR) is 81.5 cm³/mol. The lowest BCUT2D eigenvalue weighted by Crippen LogP contribution is -2.47. The Labute approximate surface area is 124 Å². The van der Waals surface area contributed by atoms with Crippen molar-refractivity contribution in [2.24, 2.45) is 0 Å². The molecule has 21 heavy (non-hydrogen) atoms. The van der Waals surface area contributed by atoms with Crippen molar-refractivity contribution >= 4 is 0 Å². The van der Waals surface area contributed by atoms with Crippen molar-refractivity contribution in [1.29, 1.82) is 0 Å². The van der Waals surface area contributed by atoms with E-state index in [4.69, 9.17) is 0 Å². The molecular weight excluding hydrogens is 265 g/mol. The normalized spacial score (nSPS) is 18.0. The number of hydrogen-bond acceptors (Lipinski definition) is 2. The van der Waals surface area contributed by atoms with Gasteiger partial charge in [0.15, 0.2) is 0 Å². The van der Waals surface area contributed by atoms with Gasteiger partial charge in [-0.3, -0.25) is 0 Å². The maximum Gasteiger partial charge on any atom is 0.123 e. The zero-order valence-electron chi connectivity index (χ0n) is 11.9. The van der Waals surface area contributed by atoms with Gasteiger partial charge in [0.05, 0.1) is 11.6 Å². The molecule has 1 unspecified atom stereocenters. The van der Waals surface area contributed by atoms with Gasteiger partial charge in [-0.2, -0.15) is 0 Å². The Bertz CT molecular complexity index is 578. The van der Waals surface area contributed by atoms with Crippen LogP contribution in [0.3, 0.4) is 0 Å². The molecule has 2 nitrogen and oxygen atoms in total. The van der Waals surface area contributed by atoms with E-state index in [0.29, 0.717) is 6.54 Å². The van der Waals surface area contributed by atoms with Gasteiger partial charge in [0, 0.05) is 6.54 Å². The summed E-state index contributed by atoms with van der Waals surface area (Å²) >= 11 is 0. The summed E-state index contributed by atoms with van der Waals surface area (Å²) in [6.45, 7) is 0.559. The minimum absolute atomic E-state index is 0.0311. The lowest BCUT2D eigenvalue weighted by atomic mass is 9.80. The quantitative estimate of drug-likeness (QED) is 0.882. The first-order chi connectivity index (χ1) is 10.2. The van der Waals surface area contributed by atoms with Gasteiger partial charge in [-0.15, -0.1) is 0 Å². The van der Waals surface area contributed by atoms with E-state index in [-0.39, 0.29) is 11.9 Å². The van der Waals surface area contributed by atoms with E-state index in [0.717, 1.165) is 30.4 Å². The summed E-state index contributed by atoms with van der Waals surface area (Å²) in [7, 11) is 0. The molecule has 1 fully saturated rings. The second-order valence-corrected chi connectivity index (χ2v) is 5.85. The van der Waals surface area contributed by atoms with Crippen LogP contribution in [0.2, 0.25) is 0 Å². The van der Waals surface area contributed by atoms with E-state index in [1.165, 1.54) is 12.1 Å². The molecule has 1 aliphatic carbocycles. The van der Waals surface area contributed by atoms with Gasteiger partial charge in [-0.1, -0.05) is 42.5 Å². The average molecular weight is 285 g/mol. The van der Waals surface area contributed by atoms with Crippen molar-refractivity contribution in [3.63, 3.8) is 0 Å². The van der Waals surface area contributed by atoms with Crippen molar-refractivity contribution < 1.29 is 9.50 Å². The highest BCUT2D eigenvalue weighted by Gasteiger charge is 2.34. The summed E-state index contributed by atoms with van der Waals surface area (Å²) in [5.41, 5.74) is 1.55. The van der Waals surface area contributed by atoms with Crippen LogP contribution in [0.25, 0.3) is 0 Å². The fraction of sp³-hybridized carbons (Fsp3) is 0.333. The molecule has 0 spiro atoms. The summed E-state index contributed by atoms with van der Waals surface area (Å²) in [6.07, 6.45) is 2.79. The van der Waals surface area contributed by atoms with Gasteiger partial charge >= 0.3 is 0 Å². The van der Waals surface area contributed by atoms with E-state index < -0.39 is 5.60 Å². The topological polar surface area (TPSA) is 32.3 Å². The molecule has 0 bridgehead atoms. The number of aliphatic hydroxyl groups is 1. The van der Waals surface area contributed by atoms with Gasteiger partial charge in [0.25, 0.3) is 0 Å². The van der Waals surface area contributed by atoms with Gasteiger partial charge in [0.1, 0.15) is 5.82 Å². The molecule has 3 heteroatoms. The van der Waals surface area contributed by atoms with Crippen molar-refractivity contribution in [2.45, 2.75) is 30.9 Å². The maximum atomic E-state index is 13.1. The molecule has 1 atom stereocenters. The number of nitrogens with one attached hydrogen (secondary N) is 1. The van der Waals surface area contributed by atoms with Crippen LogP contribution in [0.1, 0.15) is 36.4 Å². The molecule has 0 saturated heterocycles. The molecule has 0 aliphatic heterocycles. The first-order valence-electron chi connectivity index (χ1n) is 7.42. The zero-order valence-corrected chi connectivity index (χ0v) is 11.9. The predicted octanol–water partition coefficient (Wildman–Crippen LogP) is 3.42. The highest BCUT2D eigenvalue weighted by Crippen LogP contribution is 2.32. The highest BCUT2D eigenvalue weighted by molar-refractivity contribution is 5.32. The van der Waals surface area contributed by atoms with E-state index in [2.05, 4.69) is 5.32 Å². The molecule has 1 saturated carbocycles. The van der Waals surface area contributed by atoms with Gasteiger partial charge in [0.2, 0.25) is 0 Å². The number of hydrogen-bond donors (Lipinski definition) is 2. The average Bonchev–Trinajstić information content (AvgIpc) is 2.48. The number of rotatable bonds is 5. The maximum absolute atomic E-state index is 13.1. The molecular formula is C18H20FNO. The molecule has 1 aliphatic rings. The molecule has 110 valence electrons. The summed E-state index contributed by atoms with van der Waals surface area (Å²) in [6, 6.07) is 16.6. The van der Waals surface area contributed by atoms with Crippen LogP contribution >= 0.6 is 0 Å². The summed E-state index contributed by atoms with van der Waals surface area (Å²) in [5, 5.41) is 13.7. The van der Waals surface area contributed by atoms with E-state index in [1.54, 1.807) is 12.1 Å². The van der Waals surface area contributed by atoms with E-state index in [9.17, 15) is 9.50 Å². The molecule has 2 aromatic rings. The fourth-order valence-electron chi connectivity index (χ4n) is 2.78. The minimum Gasteiger partial charge on any atom is -0.389 e. The minimum atomic E-state index is -0.576. The zero-order chi connectivity index (χ0) is 14.7. The fourth-order valence-corrected chi connectivity index (χ4v) is 2.78. The Hall–Kier alpha value is -1.71. The van der Waals surface area contributed by atoms with Crippen molar-refractivity contribution in [3.8, 4) is 0 Å².